The van der Waals surface area contributed by atoms with Gasteiger partial charge in [0.1, 0.15) is 17.4 Å². The van der Waals surface area contributed by atoms with Gasteiger partial charge in [-0.1, -0.05) is 11.6 Å². The minimum Gasteiger partial charge on any atom is -0.394 e. The van der Waals surface area contributed by atoms with E-state index in [1.54, 1.807) is 0 Å². The zero-order valence-corrected chi connectivity index (χ0v) is 5.13. The summed E-state index contributed by atoms with van der Waals surface area (Å²) in [5.74, 6) is 0.124. The lowest BCUT2D eigenvalue weighted by atomic mass is 10.7. The molecule has 0 aliphatic carbocycles. The van der Waals surface area contributed by atoms with Gasteiger partial charge in [0, 0.05) is 0 Å². The van der Waals surface area contributed by atoms with Crippen molar-refractivity contribution in [1.82, 2.24) is 9.97 Å². The Morgan fingerprint density at radius 1 is 1.44 bits per heavy atom. The highest BCUT2D eigenvalue weighted by Gasteiger charge is 1.92. The second-order valence-electron chi connectivity index (χ2n) is 1.31. The van der Waals surface area contributed by atoms with E-state index in [2.05, 4.69) is 14.8 Å². The molecule has 1 aromatic heterocycles. The van der Waals surface area contributed by atoms with Gasteiger partial charge in [-0.15, -0.1) is 6.57 Å². The molecular weight excluding hydrogens is 138 g/mol. The third kappa shape index (κ3) is 1.37. The number of rotatable bonds is 0. The molecule has 0 aliphatic rings. The number of halogens is 1. The summed E-state index contributed by atoms with van der Waals surface area (Å²) in [7, 11) is 0. The molecule has 0 spiro atoms. The van der Waals surface area contributed by atoms with Crippen molar-refractivity contribution < 1.29 is 0 Å². The van der Waals surface area contributed by atoms with Gasteiger partial charge >= 0.3 is 5.95 Å². The van der Waals surface area contributed by atoms with Crippen LogP contribution < -0.4 is 0 Å². The molecule has 0 radical (unpaired) electrons. The van der Waals surface area contributed by atoms with Crippen molar-refractivity contribution in [2.75, 3.05) is 0 Å². The Morgan fingerprint density at radius 3 is 2.44 bits per heavy atom. The van der Waals surface area contributed by atoms with Crippen molar-refractivity contribution in [2.45, 2.75) is 0 Å². The summed E-state index contributed by atoms with van der Waals surface area (Å²) in [4.78, 5) is 10.2. The Bertz CT molecular complexity index is 235. The van der Waals surface area contributed by atoms with E-state index < -0.39 is 0 Å². The third-order valence-corrected chi connectivity index (χ3v) is 0.902. The fraction of sp³-hybridized carbons (Fsp3) is 0. The normalized spacial score (nSPS) is 8.44. The van der Waals surface area contributed by atoms with E-state index in [1.807, 2.05) is 0 Å². The van der Waals surface area contributed by atoms with Crippen LogP contribution in [0.4, 0.5) is 5.95 Å². The minimum atomic E-state index is 0.124. The quantitative estimate of drug-likeness (QED) is 0.512. The van der Waals surface area contributed by atoms with E-state index in [0.717, 1.165) is 0 Å². The first-order valence-electron chi connectivity index (χ1n) is 2.18. The van der Waals surface area contributed by atoms with Gasteiger partial charge in [0.15, 0.2) is 0 Å². The molecule has 0 saturated heterocycles. The van der Waals surface area contributed by atoms with Gasteiger partial charge in [0.2, 0.25) is 0 Å². The van der Waals surface area contributed by atoms with Crippen molar-refractivity contribution >= 4 is 17.5 Å². The molecule has 0 N–H and O–H groups in total. The van der Waals surface area contributed by atoms with Crippen molar-refractivity contribution in [3.8, 4) is 0 Å². The van der Waals surface area contributed by atoms with E-state index in [-0.39, 0.29) is 5.95 Å². The molecule has 0 fully saturated rings. The van der Waals surface area contributed by atoms with E-state index in [1.165, 1.54) is 12.4 Å². The maximum Gasteiger partial charge on any atom is 0.371 e. The van der Waals surface area contributed by atoms with Gasteiger partial charge < -0.3 is 4.85 Å². The van der Waals surface area contributed by atoms with Crippen molar-refractivity contribution in [2.24, 2.45) is 0 Å². The number of hydrogen-bond acceptors (Lipinski definition) is 2. The number of aromatic nitrogens is 2. The average Bonchev–Trinajstić information content (AvgIpc) is 1.90. The molecule has 1 rings (SSSR count). The summed E-state index contributed by atoms with van der Waals surface area (Å²) in [5.41, 5.74) is 0. The molecule has 0 unspecified atom stereocenters. The summed E-state index contributed by atoms with van der Waals surface area (Å²) >= 11 is 5.44. The second-order valence-corrected chi connectivity index (χ2v) is 1.75. The van der Waals surface area contributed by atoms with E-state index in [9.17, 15) is 0 Å². The zero-order chi connectivity index (χ0) is 6.69. The highest BCUT2D eigenvalue weighted by Crippen LogP contribution is 2.06. The Balaban J connectivity index is 3.06. The van der Waals surface area contributed by atoms with Gasteiger partial charge in [-0.05, 0) is 0 Å². The first-order chi connectivity index (χ1) is 4.33. The topological polar surface area (TPSA) is 30.1 Å². The Hall–Kier alpha value is -1.14. The van der Waals surface area contributed by atoms with Crippen LogP contribution in [-0.2, 0) is 0 Å². The molecule has 9 heavy (non-hydrogen) atoms. The monoisotopic (exact) mass is 139 g/mol. The Morgan fingerprint density at radius 2 is 2.00 bits per heavy atom. The maximum absolute atomic E-state index is 6.47. The smallest absolute Gasteiger partial charge is 0.371 e. The molecule has 44 valence electrons. The molecule has 0 amide bonds. The summed E-state index contributed by atoms with van der Waals surface area (Å²) in [5, 5.41) is 0.447. The molecule has 0 aliphatic heterocycles. The molecule has 3 nitrogen and oxygen atoms in total. The maximum atomic E-state index is 6.47. The Labute approximate surface area is 57.1 Å². The lowest BCUT2D eigenvalue weighted by Gasteiger charge is -1.82. The highest BCUT2D eigenvalue weighted by molar-refractivity contribution is 6.30. The SMILES string of the molecule is [C-]#[N+]c1ncc(Cl)cn1. The van der Waals surface area contributed by atoms with E-state index in [0.29, 0.717) is 5.02 Å². The standard InChI is InChI=1S/C5H2ClN3/c1-7-5-8-2-4(6)3-9-5/h2-3H. The highest BCUT2D eigenvalue weighted by atomic mass is 35.5. The van der Waals surface area contributed by atoms with Crippen LogP contribution in [0, 0.1) is 6.57 Å². The molecule has 0 atom stereocenters. The summed E-state index contributed by atoms with van der Waals surface area (Å²) in [6.45, 7) is 6.47. The van der Waals surface area contributed by atoms with Crippen molar-refractivity contribution in [3.63, 3.8) is 0 Å². The van der Waals surface area contributed by atoms with E-state index in [4.69, 9.17) is 18.2 Å². The number of nitrogens with zero attached hydrogens (tertiary/aromatic N) is 3. The van der Waals surface area contributed by atoms with E-state index >= 15 is 0 Å². The Kier molecular flexibility index (Phi) is 1.61. The van der Waals surface area contributed by atoms with Crippen molar-refractivity contribution in [3.05, 3.63) is 28.8 Å². The van der Waals surface area contributed by atoms with Crippen molar-refractivity contribution in [1.29, 1.82) is 0 Å². The predicted octanol–water partition coefficient (Wildman–Crippen LogP) is 1.68. The van der Waals surface area contributed by atoms with Gasteiger partial charge in [-0.25, -0.2) is 0 Å². The average molecular weight is 140 g/mol. The summed E-state index contributed by atoms with van der Waals surface area (Å²) in [6, 6.07) is 0. The molecule has 1 heterocycles. The summed E-state index contributed by atoms with van der Waals surface area (Å²) in [6.07, 6.45) is 2.78. The number of hydrogen-bond donors (Lipinski definition) is 0. The van der Waals surface area contributed by atoms with Gasteiger partial charge in [-0.2, -0.15) is 9.97 Å². The minimum absolute atomic E-state index is 0.124. The van der Waals surface area contributed by atoms with Crippen LogP contribution in [0.2, 0.25) is 5.02 Å². The van der Waals surface area contributed by atoms with Gasteiger partial charge in [0.25, 0.3) is 0 Å². The zero-order valence-electron chi connectivity index (χ0n) is 4.37. The molecule has 1 aromatic rings. The van der Waals surface area contributed by atoms with Crippen LogP contribution in [0.3, 0.4) is 0 Å². The first-order valence-corrected chi connectivity index (χ1v) is 2.56. The fourth-order valence-electron chi connectivity index (χ4n) is 0.363. The van der Waals surface area contributed by atoms with Crippen LogP contribution in [0.5, 0.6) is 0 Å². The molecular formula is C5H2ClN3. The van der Waals surface area contributed by atoms with Gasteiger partial charge in [0.05, 0.1) is 0 Å². The lowest BCUT2D eigenvalue weighted by molar-refractivity contribution is 1.20. The lowest BCUT2D eigenvalue weighted by Crippen LogP contribution is -1.75. The molecule has 4 heteroatoms. The van der Waals surface area contributed by atoms with Crippen LogP contribution >= 0.6 is 11.6 Å². The summed E-state index contributed by atoms with van der Waals surface area (Å²) < 4.78 is 0. The molecule has 0 saturated carbocycles. The predicted molar refractivity (Wildman–Crippen MR) is 33.3 cm³/mol. The fourth-order valence-corrected chi connectivity index (χ4v) is 0.461. The van der Waals surface area contributed by atoms with Crippen LogP contribution in [0.1, 0.15) is 0 Å². The van der Waals surface area contributed by atoms with Crippen LogP contribution in [-0.4, -0.2) is 9.97 Å². The largest absolute Gasteiger partial charge is 0.394 e. The molecule has 0 aromatic carbocycles. The third-order valence-electron chi connectivity index (χ3n) is 0.707. The first kappa shape index (κ1) is 5.99. The second kappa shape index (κ2) is 2.42. The molecule has 0 bridgehead atoms. The van der Waals surface area contributed by atoms with Crippen LogP contribution in [0.15, 0.2) is 12.4 Å². The van der Waals surface area contributed by atoms with Crippen LogP contribution in [0.25, 0.3) is 4.85 Å². The van der Waals surface area contributed by atoms with Gasteiger partial charge in [-0.3, -0.25) is 0 Å².